The lowest BCUT2D eigenvalue weighted by Crippen LogP contribution is -2.37. The first-order valence-corrected chi connectivity index (χ1v) is 11.3. The number of benzene rings is 2. The van der Waals surface area contributed by atoms with Crippen LogP contribution in [0.25, 0.3) is 0 Å². The molecule has 0 radical (unpaired) electrons. The molecule has 2 aromatic carbocycles. The lowest BCUT2D eigenvalue weighted by atomic mass is 9.71. The van der Waals surface area contributed by atoms with Crippen molar-refractivity contribution in [2.75, 3.05) is 20.8 Å². The van der Waals surface area contributed by atoms with Gasteiger partial charge in [0.15, 0.2) is 5.78 Å². The maximum Gasteiger partial charge on any atom is 0.315 e. The zero-order chi connectivity index (χ0) is 23.4. The van der Waals surface area contributed by atoms with E-state index in [1.165, 1.54) is 0 Å². The molecule has 0 saturated carbocycles. The molecule has 0 saturated heterocycles. The minimum Gasteiger partial charge on any atom is -0.497 e. The van der Waals surface area contributed by atoms with Crippen LogP contribution in [-0.2, 0) is 20.7 Å². The fourth-order valence-electron chi connectivity index (χ4n) is 4.73. The first-order valence-electron chi connectivity index (χ1n) is 11.3. The molecule has 2 aliphatic rings. The van der Waals surface area contributed by atoms with Crippen molar-refractivity contribution in [2.45, 2.75) is 38.5 Å². The summed E-state index contributed by atoms with van der Waals surface area (Å²) in [4.78, 5) is 31.1. The Hall–Kier alpha value is -3.41. The molecule has 6 heteroatoms. The molecule has 0 aromatic heterocycles. The minimum atomic E-state index is -0.691. The van der Waals surface area contributed by atoms with Crippen molar-refractivity contribution < 1.29 is 23.8 Å². The number of ether oxygens (including phenoxy) is 3. The summed E-state index contributed by atoms with van der Waals surface area (Å²) in [6.07, 6.45) is 2.58. The Bertz CT molecular complexity index is 1100. The Morgan fingerprint density at radius 3 is 2.58 bits per heavy atom. The number of hydrogen-bond acceptors (Lipinski definition) is 6. The van der Waals surface area contributed by atoms with Gasteiger partial charge in [-0.1, -0.05) is 36.4 Å². The van der Waals surface area contributed by atoms with Crippen molar-refractivity contribution >= 4 is 17.5 Å². The fourth-order valence-corrected chi connectivity index (χ4v) is 4.73. The summed E-state index contributed by atoms with van der Waals surface area (Å²) in [7, 11) is 3.16. The third-order valence-electron chi connectivity index (χ3n) is 6.34. The lowest BCUT2D eigenvalue weighted by Gasteiger charge is -2.35. The van der Waals surface area contributed by atoms with Gasteiger partial charge in [0, 0.05) is 47.4 Å². The van der Waals surface area contributed by atoms with Gasteiger partial charge in [-0.3, -0.25) is 14.6 Å². The van der Waals surface area contributed by atoms with Gasteiger partial charge in [0.25, 0.3) is 0 Å². The number of carbonyl (C=O) groups is 2. The highest BCUT2D eigenvalue weighted by molar-refractivity contribution is 6.09. The van der Waals surface area contributed by atoms with Gasteiger partial charge < -0.3 is 14.2 Å². The molecule has 0 N–H and O–H groups in total. The second-order valence-electron chi connectivity index (χ2n) is 8.36. The van der Waals surface area contributed by atoms with Crippen LogP contribution in [0.3, 0.4) is 0 Å². The third-order valence-corrected chi connectivity index (χ3v) is 6.34. The largest absolute Gasteiger partial charge is 0.497 e. The van der Waals surface area contributed by atoms with E-state index >= 15 is 0 Å². The maximum atomic E-state index is 13.4. The van der Waals surface area contributed by atoms with Gasteiger partial charge in [-0.05, 0) is 31.4 Å². The average Bonchev–Trinajstić information content (AvgIpc) is 2.83. The van der Waals surface area contributed by atoms with Gasteiger partial charge >= 0.3 is 5.97 Å². The topological polar surface area (TPSA) is 74.2 Å². The first-order chi connectivity index (χ1) is 16.0. The zero-order valence-corrected chi connectivity index (χ0v) is 19.3. The standard InChI is InChI=1S/C27H29NO5/c1-17-24(27(30)33-15-14-18-8-5-4-6-9-18)25(26-21(28-17)10-7-11-22(26)29)20-13-12-19(31-2)16-23(20)32-3/h4-6,8-9,12-13,16,24-25H,7,10-11,14-15H2,1-3H3/t24?,25-/m0/s1. The highest BCUT2D eigenvalue weighted by Crippen LogP contribution is 2.46. The fraction of sp³-hybridized carbons (Fsp3) is 0.370. The molecule has 1 aliphatic carbocycles. The van der Waals surface area contributed by atoms with Crippen LogP contribution >= 0.6 is 0 Å². The van der Waals surface area contributed by atoms with E-state index in [0.717, 1.165) is 29.7 Å². The molecule has 172 valence electrons. The van der Waals surface area contributed by atoms with E-state index in [0.29, 0.717) is 35.6 Å². The van der Waals surface area contributed by atoms with E-state index in [-0.39, 0.29) is 18.4 Å². The summed E-state index contributed by atoms with van der Waals surface area (Å²) in [5, 5.41) is 0. The second-order valence-corrected chi connectivity index (χ2v) is 8.36. The number of nitrogens with zero attached hydrogens (tertiary/aromatic N) is 1. The molecule has 1 aliphatic heterocycles. The quantitative estimate of drug-likeness (QED) is 0.577. The van der Waals surface area contributed by atoms with Crippen molar-refractivity contribution in [1.29, 1.82) is 0 Å². The second kappa shape index (κ2) is 10.0. The van der Waals surface area contributed by atoms with Gasteiger partial charge in [-0.15, -0.1) is 0 Å². The lowest BCUT2D eigenvalue weighted by molar-refractivity contribution is -0.146. The number of allylic oxidation sites excluding steroid dienone is 2. The van der Waals surface area contributed by atoms with Crippen LogP contribution in [0.1, 0.15) is 43.2 Å². The number of aliphatic imine (C=N–C) groups is 1. The number of Topliss-reactive ketones (excluding diaryl/α,β-unsaturated/α-hetero) is 1. The zero-order valence-electron chi connectivity index (χ0n) is 19.3. The van der Waals surface area contributed by atoms with Crippen LogP contribution in [0.15, 0.2) is 64.8 Å². The van der Waals surface area contributed by atoms with Crippen LogP contribution < -0.4 is 9.47 Å². The van der Waals surface area contributed by atoms with Gasteiger partial charge in [0.1, 0.15) is 17.4 Å². The Morgan fingerprint density at radius 1 is 1.06 bits per heavy atom. The van der Waals surface area contributed by atoms with Crippen molar-refractivity contribution in [3.63, 3.8) is 0 Å². The van der Waals surface area contributed by atoms with E-state index in [2.05, 4.69) is 0 Å². The smallest absolute Gasteiger partial charge is 0.315 e. The van der Waals surface area contributed by atoms with Crippen LogP contribution in [0.2, 0.25) is 0 Å². The monoisotopic (exact) mass is 447 g/mol. The average molecular weight is 448 g/mol. The number of ketones is 1. The molecule has 2 aromatic rings. The number of hydrogen-bond donors (Lipinski definition) is 0. The molecule has 1 heterocycles. The summed E-state index contributed by atoms with van der Waals surface area (Å²) >= 11 is 0. The summed E-state index contributed by atoms with van der Waals surface area (Å²) in [5.41, 5.74) is 3.91. The Morgan fingerprint density at radius 2 is 1.85 bits per heavy atom. The molecule has 6 nitrogen and oxygen atoms in total. The van der Waals surface area contributed by atoms with Gasteiger partial charge in [-0.2, -0.15) is 0 Å². The molecule has 1 unspecified atom stereocenters. The van der Waals surface area contributed by atoms with Crippen molar-refractivity contribution in [3.8, 4) is 11.5 Å². The van der Waals surface area contributed by atoms with Crippen LogP contribution in [0, 0.1) is 5.92 Å². The summed E-state index contributed by atoms with van der Waals surface area (Å²) in [5.74, 6) is -0.319. The first kappa shape index (κ1) is 22.8. The van der Waals surface area contributed by atoms with E-state index in [9.17, 15) is 9.59 Å². The van der Waals surface area contributed by atoms with Crippen LogP contribution in [0.5, 0.6) is 11.5 Å². The third kappa shape index (κ3) is 4.70. The molecule has 0 fully saturated rings. The predicted molar refractivity (Wildman–Crippen MR) is 126 cm³/mol. The SMILES string of the molecule is COc1ccc([C@@H]2C3=C(CCCC3=O)N=C(C)C2C(=O)OCCc2ccccc2)c(OC)c1. The van der Waals surface area contributed by atoms with Crippen LogP contribution in [0.4, 0.5) is 0 Å². The maximum absolute atomic E-state index is 13.4. The highest BCUT2D eigenvalue weighted by Gasteiger charge is 2.44. The van der Waals surface area contributed by atoms with Crippen LogP contribution in [-0.4, -0.2) is 38.3 Å². The number of carbonyl (C=O) groups excluding carboxylic acids is 2. The highest BCUT2D eigenvalue weighted by atomic mass is 16.5. The Balaban J connectivity index is 1.69. The molecule has 2 atom stereocenters. The predicted octanol–water partition coefficient (Wildman–Crippen LogP) is 4.67. The summed E-state index contributed by atoms with van der Waals surface area (Å²) < 4.78 is 16.7. The minimum absolute atomic E-state index is 0.0393. The van der Waals surface area contributed by atoms with Crippen molar-refractivity contribution in [1.82, 2.24) is 0 Å². The molecular formula is C27H29NO5. The van der Waals surface area contributed by atoms with Gasteiger partial charge in [-0.25, -0.2) is 0 Å². The van der Waals surface area contributed by atoms with Crippen molar-refractivity contribution in [3.05, 3.63) is 70.9 Å². The summed E-state index contributed by atoms with van der Waals surface area (Å²) in [6, 6.07) is 15.4. The van der Waals surface area contributed by atoms with E-state index in [4.69, 9.17) is 19.2 Å². The number of rotatable bonds is 7. The Labute approximate surface area is 194 Å². The molecule has 0 spiro atoms. The molecule has 4 rings (SSSR count). The molecule has 0 amide bonds. The Kier molecular flexibility index (Phi) is 6.92. The number of esters is 1. The normalized spacial score (nSPS) is 20.1. The van der Waals surface area contributed by atoms with Gasteiger partial charge in [0.05, 0.1) is 20.8 Å². The van der Waals surface area contributed by atoms with Gasteiger partial charge in [0.2, 0.25) is 0 Å². The summed E-state index contributed by atoms with van der Waals surface area (Å²) in [6.45, 7) is 2.11. The van der Waals surface area contributed by atoms with Crippen molar-refractivity contribution in [2.24, 2.45) is 10.9 Å². The van der Waals surface area contributed by atoms with E-state index in [1.54, 1.807) is 20.3 Å². The van der Waals surface area contributed by atoms with E-state index in [1.807, 2.05) is 49.4 Å². The van der Waals surface area contributed by atoms with E-state index < -0.39 is 11.8 Å². The molecule has 33 heavy (non-hydrogen) atoms. The number of methoxy groups -OCH3 is 2. The molecular weight excluding hydrogens is 418 g/mol. The molecule has 0 bridgehead atoms.